The van der Waals surface area contributed by atoms with Crippen molar-refractivity contribution >= 4 is 17.6 Å². The molecule has 0 fully saturated rings. The molecule has 0 atom stereocenters. The Morgan fingerprint density at radius 3 is 2.55 bits per heavy atom. The molecule has 2 aromatic rings. The summed E-state index contributed by atoms with van der Waals surface area (Å²) in [4.78, 5) is 25.4. The van der Waals surface area contributed by atoms with Crippen molar-refractivity contribution in [1.29, 1.82) is 0 Å². The molecule has 2 rings (SSSR count). The van der Waals surface area contributed by atoms with E-state index in [2.05, 4.69) is 10.5 Å². The molecule has 7 nitrogen and oxygen atoms in total. The number of hydrogen-bond donors (Lipinski definition) is 2. The molecular formula is C15H18N4O3. The summed E-state index contributed by atoms with van der Waals surface area (Å²) in [6, 6.07) is 8.57. The average Bonchev–Trinajstić information content (AvgIpc) is 2.91. The number of anilines is 1. The van der Waals surface area contributed by atoms with Gasteiger partial charge in [-0.2, -0.15) is 0 Å². The number of nitrogens with two attached hydrogens (primary N) is 1. The second-order valence-electron chi connectivity index (χ2n) is 4.93. The van der Waals surface area contributed by atoms with Crippen LogP contribution in [0, 0.1) is 6.92 Å². The van der Waals surface area contributed by atoms with Crippen molar-refractivity contribution in [3.8, 4) is 0 Å². The van der Waals surface area contributed by atoms with Gasteiger partial charge in [0.15, 0.2) is 5.82 Å². The van der Waals surface area contributed by atoms with Crippen molar-refractivity contribution in [3.05, 3.63) is 47.2 Å². The van der Waals surface area contributed by atoms with E-state index in [9.17, 15) is 9.59 Å². The van der Waals surface area contributed by atoms with Gasteiger partial charge in [0, 0.05) is 25.2 Å². The van der Waals surface area contributed by atoms with Gasteiger partial charge in [-0.15, -0.1) is 0 Å². The molecule has 0 spiro atoms. The summed E-state index contributed by atoms with van der Waals surface area (Å²) in [5.41, 5.74) is 6.96. The van der Waals surface area contributed by atoms with E-state index in [-0.39, 0.29) is 18.4 Å². The van der Waals surface area contributed by atoms with E-state index in [1.807, 2.05) is 0 Å². The molecular weight excluding hydrogens is 284 g/mol. The second kappa shape index (κ2) is 6.86. The highest BCUT2D eigenvalue weighted by atomic mass is 16.5. The Labute approximate surface area is 128 Å². The Balaban J connectivity index is 1.93. The van der Waals surface area contributed by atoms with E-state index >= 15 is 0 Å². The number of hydrogen-bond acceptors (Lipinski definition) is 5. The fourth-order valence-electron chi connectivity index (χ4n) is 1.90. The summed E-state index contributed by atoms with van der Waals surface area (Å²) in [6.07, 6.45) is 0. The Kier molecular flexibility index (Phi) is 4.90. The zero-order chi connectivity index (χ0) is 16.1. The maximum absolute atomic E-state index is 12.2. The van der Waals surface area contributed by atoms with E-state index in [4.69, 9.17) is 10.3 Å². The zero-order valence-electron chi connectivity index (χ0n) is 12.5. The highest BCUT2D eigenvalue weighted by Crippen LogP contribution is 2.08. The summed E-state index contributed by atoms with van der Waals surface area (Å²) < 4.78 is 4.85. The van der Waals surface area contributed by atoms with Gasteiger partial charge < -0.3 is 20.5 Å². The van der Waals surface area contributed by atoms with Crippen molar-refractivity contribution in [3.63, 3.8) is 0 Å². The number of rotatable bonds is 5. The molecule has 1 aromatic carbocycles. The van der Waals surface area contributed by atoms with Crippen LogP contribution in [0.2, 0.25) is 0 Å². The molecule has 2 amide bonds. The number of nitrogens with zero attached hydrogens (tertiary/aromatic N) is 2. The van der Waals surface area contributed by atoms with Crippen molar-refractivity contribution in [2.75, 3.05) is 18.9 Å². The molecule has 0 aliphatic carbocycles. The predicted molar refractivity (Wildman–Crippen MR) is 81.2 cm³/mol. The largest absolute Gasteiger partial charge is 0.360 e. The lowest BCUT2D eigenvalue weighted by atomic mass is 10.1. The molecule has 0 radical (unpaired) electrons. The lowest BCUT2D eigenvalue weighted by Gasteiger charge is -2.16. The molecule has 0 aliphatic heterocycles. The highest BCUT2D eigenvalue weighted by molar-refractivity contribution is 5.98. The summed E-state index contributed by atoms with van der Waals surface area (Å²) in [5, 5.41) is 6.23. The van der Waals surface area contributed by atoms with Gasteiger partial charge in [0.1, 0.15) is 5.76 Å². The van der Waals surface area contributed by atoms with Gasteiger partial charge in [0.2, 0.25) is 5.91 Å². The van der Waals surface area contributed by atoms with Crippen LogP contribution in [0.4, 0.5) is 5.82 Å². The van der Waals surface area contributed by atoms with E-state index in [0.29, 0.717) is 23.7 Å². The smallest absolute Gasteiger partial charge is 0.254 e. The Bertz CT molecular complexity index is 664. The minimum atomic E-state index is -0.345. The molecule has 0 bridgehead atoms. The second-order valence-corrected chi connectivity index (χ2v) is 4.93. The molecule has 3 N–H and O–H groups in total. The highest BCUT2D eigenvalue weighted by Gasteiger charge is 2.15. The number of benzene rings is 1. The minimum absolute atomic E-state index is 0.0800. The number of likely N-dealkylation sites (N-methyl/N-ethyl adjacent to an activating group) is 1. The van der Waals surface area contributed by atoms with Crippen molar-refractivity contribution < 1.29 is 14.1 Å². The van der Waals surface area contributed by atoms with Gasteiger partial charge in [-0.05, 0) is 24.6 Å². The lowest BCUT2D eigenvalue weighted by molar-refractivity contribution is -0.116. The first-order valence-electron chi connectivity index (χ1n) is 6.77. The Morgan fingerprint density at radius 2 is 2.00 bits per heavy atom. The normalized spacial score (nSPS) is 10.3. The predicted octanol–water partition coefficient (Wildman–Crippen LogP) is 1.15. The van der Waals surface area contributed by atoms with Crippen LogP contribution in [-0.4, -0.2) is 35.5 Å². The third-order valence-corrected chi connectivity index (χ3v) is 3.06. The Morgan fingerprint density at radius 1 is 1.32 bits per heavy atom. The summed E-state index contributed by atoms with van der Waals surface area (Å²) in [6.45, 7) is 2.07. The summed E-state index contributed by atoms with van der Waals surface area (Å²) in [7, 11) is 1.56. The van der Waals surface area contributed by atoms with Gasteiger partial charge in [0.05, 0.1) is 6.54 Å². The lowest BCUT2D eigenvalue weighted by Crippen LogP contribution is -2.35. The molecule has 7 heteroatoms. The number of nitrogens with one attached hydrogen (secondary N) is 1. The molecule has 22 heavy (non-hydrogen) atoms. The first-order chi connectivity index (χ1) is 10.5. The maximum atomic E-state index is 12.2. The number of carbonyl (C=O) groups excluding carboxylic acids is 2. The fourth-order valence-corrected chi connectivity index (χ4v) is 1.90. The SMILES string of the molecule is Cc1cc(NC(=O)CN(C)C(=O)c2ccc(CN)cc2)no1. The van der Waals surface area contributed by atoms with E-state index in [1.54, 1.807) is 44.3 Å². The van der Waals surface area contributed by atoms with Crippen LogP contribution < -0.4 is 11.1 Å². The van der Waals surface area contributed by atoms with Gasteiger partial charge in [0.25, 0.3) is 5.91 Å². The maximum Gasteiger partial charge on any atom is 0.254 e. The van der Waals surface area contributed by atoms with Crippen molar-refractivity contribution in [2.45, 2.75) is 13.5 Å². The van der Waals surface area contributed by atoms with E-state index < -0.39 is 0 Å². The first kappa shape index (κ1) is 15.7. The average molecular weight is 302 g/mol. The fraction of sp³-hybridized carbons (Fsp3) is 0.267. The molecule has 116 valence electrons. The van der Waals surface area contributed by atoms with Crippen LogP contribution in [-0.2, 0) is 11.3 Å². The van der Waals surface area contributed by atoms with Crippen molar-refractivity contribution in [1.82, 2.24) is 10.1 Å². The van der Waals surface area contributed by atoms with Crippen molar-refractivity contribution in [2.24, 2.45) is 5.73 Å². The van der Waals surface area contributed by atoms with Gasteiger partial charge in [-0.25, -0.2) is 0 Å². The molecule has 0 unspecified atom stereocenters. The van der Waals surface area contributed by atoms with E-state index in [1.165, 1.54) is 4.90 Å². The quantitative estimate of drug-likeness (QED) is 0.862. The third kappa shape index (κ3) is 3.92. The number of aromatic nitrogens is 1. The topological polar surface area (TPSA) is 101 Å². The number of carbonyl (C=O) groups is 2. The van der Waals surface area contributed by atoms with Gasteiger partial charge in [-0.1, -0.05) is 17.3 Å². The van der Waals surface area contributed by atoms with Crippen LogP contribution in [0.15, 0.2) is 34.9 Å². The summed E-state index contributed by atoms with van der Waals surface area (Å²) >= 11 is 0. The van der Waals surface area contributed by atoms with Gasteiger partial charge in [-0.3, -0.25) is 9.59 Å². The zero-order valence-corrected chi connectivity index (χ0v) is 12.5. The van der Waals surface area contributed by atoms with Crippen LogP contribution in [0.5, 0.6) is 0 Å². The molecule has 0 saturated carbocycles. The van der Waals surface area contributed by atoms with Gasteiger partial charge >= 0.3 is 0 Å². The Hall–Kier alpha value is -2.67. The minimum Gasteiger partial charge on any atom is -0.360 e. The third-order valence-electron chi connectivity index (χ3n) is 3.06. The van der Waals surface area contributed by atoms with E-state index in [0.717, 1.165) is 5.56 Å². The first-order valence-corrected chi connectivity index (χ1v) is 6.77. The van der Waals surface area contributed by atoms with Crippen LogP contribution in [0.3, 0.4) is 0 Å². The summed E-state index contributed by atoms with van der Waals surface area (Å²) in [5.74, 6) is 0.341. The van der Waals surface area contributed by atoms with Crippen LogP contribution in [0.1, 0.15) is 21.7 Å². The van der Waals surface area contributed by atoms with Crippen LogP contribution in [0.25, 0.3) is 0 Å². The number of amides is 2. The number of aryl methyl sites for hydroxylation is 1. The molecule has 1 aromatic heterocycles. The van der Waals surface area contributed by atoms with Crippen LogP contribution >= 0.6 is 0 Å². The monoisotopic (exact) mass is 302 g/mol. The standard InChI is InChI=1S/C15H18N4O3/c1-10-7-13(18-22-10)17-14(20)9-19(2)15(21)12-5-3-11(8-16)4-6-12/h3-7H,8-9,16H2,1-2H3,(H,17,18,20). The molecule has 0 saturated heterocycles. The molecule has 0 aliphatic rings. The molecule has 1 heterocycles.